The van der Waals surface area contributed by atoms with Crippen molar-refractivity contribution in [3.8, 4) is 11.1 Å². The zero-order valence-electron chi connectivity index (χ0n) is 27.0. The number of halogens is 1. The first kappa shape index (κ1) is 37.3. The van der Waals surface area contributed by atoms with E-state index in [0.717, 1.165) is 48.8 Å². The van der Waals surface area contributed by atoms with Crippen LogP contribution in [0.3, 0.4) is 0 Å². The van der Waals surface area contributed by atoms with Crippen LogP contribution in [-0.2, 0) is 17.6 Å². The number of rotatable bonds is 16. The molecule has 48 heavy (non-hydrogen) atoms. The Balaban J connectivity index is 1.43. The van der Waals surface area contributed by atoms with Crippen LogP contribution in [0.2, 0.25) is 5.15 Å². The van der Waals surface area contributed by atoms with Crippen molar-refractivity contribution in [3.63, 3.8) is 0 Å². The van der Waals surface area contributed by atoms with E-state index in [9.17, 15) is 9.59 Å². The molecule has 0 saturated carbocycles. The molecular formula is C32H44ClN13O2. The number of unbranched alkanes of at least 4 members (excludes halogenated alkanes) is 2. The largest absolute Gasteiger partial charge is 0.382 e. The molecule has 0 aliphatic heterocycles. The van der Waals surface area contributed by atoms with Gasteiger partial charge in [0.25, 0.3) is 5.91 Å². The summed E-state index contributed by atoms with van der Waals surface area (Å²) in [5.41, 5.74) is 26.9. The van der Waals surface area contributed by atoms with Crippen molar-refractivity contribution in [1.29, 1.82) is 5.41 Å². The predicted molar refractivity (Wildman–Crippen MR) is 189 cm³/mol. The zero-order chi connectivity index (χ0) is 35.1. The number of benzene rings is 2. The van der Waals surface area contributed by atoms with Crippen molar-refractivity contribution >= 4 is 46.8 Å². The minimum Gasteiger partial charge on any atom is -0.382 e. The normalized spacial score (nSPS) is 12.2. The molecule has 0 spiro atoms. The molecule has 0 radical (unpaired) electrons. The number of hydrogen-bond donors (Lipinski definition) is 7. The Morgan fingerprint density at radius 1 is 0.938 bits per heavy atom. The van der Waals surface area contributed by atoms with Crippen molar-refractivity contribution in [2.45, 2.75) is 57.4 Å². The Bertz CT molecular complexity index is 1590. The highest BCUT2D eigenvalue weighted by Crippen LogP contribution is 2.22. The lowest BCUT2D eigenvalue weighted by atomic mass is 9.99. The summed E-state index contributed by atoms with van der Waals surface area (Å²) in [5.74, 6) is 4.06. The van der Waals surface area contributed by atoms with Gasteiger partial charge in [-0.25, -0.2) is 9.97 Å². The third-order valence-electron chi connectivity index (χ3n) is 7.66. The quantitative estimate of drug-likeness (QED) is 0.0292. The summed E-state index contributed by atoms with van der Waals surface area (Å²) < 4.78 is 0. The molecule has 2 aromatic carbocycles. The van der Waals surface area contributed by atoms with Gasteiger partial charge in [0.2, 0.25) is 5.91 Å². The molecule has 0 fully saturated rings. The van der Waals surface area contributed by atoms with Gasteiger partial charge in [0.15, 0.2) is 34.3 Å². The lowest BCUT2D eigenvalue weighted by Gasteiger charge is -2.27. The van der Waals surface area contributed by atoms with Crippen LogP contribution in [0.5, 0.6) is 0 Å². The fraction of sp³-hybridized carbons (Fsp3) is 0.375. The molecule has 16 heteroatoms. The van der Waals surface area contributed by atoms with E-state index in [2.05, 4.69) is 67.0 Å². The average molecular weight is 678 g/mol. The van der Waals surface area contributed by atoms with E-state index < -0.39 is 11.9 Å². The number of likely N-dealkylation sites (N-methyl/N-ethyl adjacent to an activating group) is 1. The molecule has 3 rings (SSSR count). The van der Waals surface area contributed by atoms with E-state index in [4.69, 9.17) is 45.8 Å². The molecule has 0 aliphatic rings. The van der Waals surface area contributed by atoms with Gasteiger partial charge < -0.3 is 33.7 Å². The number of aryl methyl sites for hydroxylation is 2. The molecular weight excluding hydrogens is 634 g/mol. The summed E-state index contributed by atoms with van der Waals surface area (Å²) in [6.45, 7) is 0.980. The molecule has 256 valence electrons. The highest BCUT2D eigenvalue weighted by atomic mass is 35.5. The average Bonchev–Trinajstić information content (AvgIpc) is 3.07. The monoisotopic (exact) mass is 677 g/mol. The molecule has 1 atom stereocenters. The molecule has 12 N–H and O–H groups in total. The number of nitrogens with one attached hydrogen (secondary N) is 2. The van der Waals surface area contributed by atoms with Crippen molar-refractivity contribution in [3.05, 3.63) is 70.5 Å². The van der Waals surface area contributed by atoms with Gasteiger partial charge in [-0.3, -0.25) is 25.3 Å². The van der Waals surface area contributed by atoms with Crippen LogP contribution in [0, 0.1) is 5.41 Å². The van der Waals surface area contributed by atoms with Crippen LogP contribution >= 0.6 is 11.6 Å². The predicted octanol–water partition coefficient (Wildman–Crippen LogP) is 3.22. The Morgan fingerprint density at radius 3 is 2.17 bits per heavy atom. The van der Waals surface area contributed by atoms with Gasteiger partial charge in [-0.2, -0.15) is 0 Å². The number of amides is 2. The van der Waals surface area contributed by atoms with Crippen molar-refractivity contribution in [1.82, 2.24) is 20.2 Å². The third kappa shape index (κ3) is 11.3. The van der Waals surface area contributed by atoms with Crippen LogP contribution in [0.25, 0.3) is 11.1 Å². The second kappa shape index (κ2) is 18.9. The summed E-state index contributed by atoms with van der Waals surface area (Å²) in [5, 5.41) is 17.3. The Morgan fingerprint density at radius 2 is 1.56 bits per heavy atom. The first-order chi connectivity index (χ1) is 23.0. The second-order valence-corrected chi connectivity index (χ2v) is 11.5. The van der Waals surface area contributed by atoms with Crippen LogP contribution in [0.15, 0.2) is 63.9 Å². The highest BCUT2D eigenvalue weighted by molar-refractivity contribution is 6.31. The Kier molecular flexibility index (Phi) is 14.7. The molecule has 15 nitrogen and oxygen atoms in total. The topological polar surface area (TPSA) is 266 Å². The van der Waals surface area contributed by atoms with E-state index in [1.807, 2.05) is 12.1 Å². The molecule has 2 amide bonds. The number of aliphatic imine (C=N–C) groups is 1. The minimum absolute atomic E-state index is 0.0386. The van der Waals surface area contributed by atoms with Crippen molar-refractivity contribution in [2.24, 2.45) is 32.6 Å². The summed E-state index contributed by atoms with van der Waals surface area (Å²) >= 11 is 5.82. The summed E-state index contributed by atoms with van der Waals surface area (Å²) in [6, 6.07) is 16.0. The number of carbonyl (C=O) groups excluding carboxylic acids is 2. The molecule has 0 unspecified atom stereocenters. The summed E-state index contributed by atoms with van der Waals surface area (Å²) in [4.78, 5) is 38.6. The van der Waals surface area contributed by atoms with Gasteiger partial charge in [-0.05, 0) is 73.7 Å². The number of aromatic nitrogens is 2. The first-order valence-corrected chi connectivity index (χ1v) is 15.9. The summed E-state index contributed by atoms with van der Waals surface area (Å²) in [7, 11) is 1.68. The highest BCUT2D eigenvalue weighted by Gasteiger charge is 2.24. The lowest BCUT2D eigenvalue weighted by molar-refractivity contribution is -0.130. The van der Waals surface area contributed by atoms with Gasteiger partial charge in [0, 0.05) is 20.0 Å². The molecule has 0 aliphatic carbocycles. The van der Waals surface area contributed by atoms with Crippen molar-refractivity contribution < 1.29 is 9.59 Å². The molecule has 0 saturated heterocycles. The molecule has 1 heterocycles. The Hall–Kier alpha value is -5.15. The van der Waals surface area contributed by atoms with Crippen LogP contribution in [0.4, 0.5) is 11.6 Å². The zero-order valence-corrected chi connectivity index (χ0v) is 27.8. The van der Waals surface area contributed by atoms with E-state index >= 15 is 0 Å². The molecule has 0 bridgehead atoms. The second-order valence-electron chi connectivity index (χ2n) is 11.1. The van der Waals surface area contributed by atoms with E-state index in [1.165, 1.54) is 5.56 Å². The summed E-state index contributed by atoms with van der Waals surface area (Å²) in [6.07, 6.45) is 5.54. The number of anilines is 2. The van der Waals surface area contributed by atoms with Crippen LogP contribution in [-0.4, -0.2) is 64.7 Å². The smallest absolute Gasteiger partial charge is 0.280 e. The van der Waals surface area contributed by atoms with Crippen molar-refractivity contribution in [2.75, 3.05) is 31.6 Å². The van der Waals surface area contributed by atoms with Gasteiger partial charge in [-0.1, -0.05) is 65.4 Å². The number of nitrogens with zero attached hydrogens (tertiary/aromatic N) is 6. The Labute approximate surface area is 284 Å². The fourth-order valence-corrected chi connectivity index (χ4v) is 5.04. The molecule has 3 aromatic rings. The maximum Gasteiger partial charge on any atom is 0.280 e. The number of nitrogens with two attached hydrogens (primary N) is 5. The maximum absolute atomic E-state index is 12.9. The lowest BCUT2D eigenvalue weighted by Crippen LogP contribution is -2.41. The van der Waals surface area contributed by atoms with Gasteiger partial charge >= 0.3 is 0 Å². The van der Waals surface area contributed by atoms with E-state index in [0.29, 0.717) is 32.4 Å². The number of hydrogen-bond acceptors (Lipinski definition) is 10. The standard InChI is InChI=1S/C32H44ClN13O2/c1-46(24(7-2-4-18-34)28(35)44-45-39)25(47)17-12-21-10-15-23(16-11-21)22-13-8-20(9-14-22)6-3-5-19-40-32(38)43-31(48)26-29(36)42-30(37)27(33)41-26/h8-11,13-16,24H,2-7,12,17-19,34H2,1H3,(H3,35,39,44)(H4,36,37,42)(H3,38,40,43,48)/t24-/m1/s1. The van der Waals surface area contributed by atoms with Gasteiger partial charge in [0.05, 0.1) is 6.04 Å². The maximum atomic E-state index is 12.9. The van der Waals surface area contributed by atoms with E-state index in [1.54, 1.807) is 11.9 Å². The fourth-order valence-electron chi connectivity index (χ4n) is 4.92. The number of carbonyl (C=O) groups is 2. The van der Waals surface area contributed by atoms with Crippen LogP contribution < -0.4 is 34.1 Å². The SMILES string of the molecule is CN(C(=O)CCc1ccc(-c2ccc(CCCCN=C(N)NC(=O)c3nc(Cl)c(N)nc3N)cc2)cc1)[C@H](CCCCN)C(=N)N=NN. The number of nitrogen functional groups attached to an aromatic ring is 2. The third-order valence-corrected chi connectivity index (χ3v) is 7.94. The minimum atomic E-state index is -0.675. The first-order valence-electron chi connectivity index (χ1n) is 15.6. The van der Waals surface area contributed by atoms with Gasteiger partial charge in [-0.15, -0.1) is 5.11 Å². The molecule has 1 aromatic heterocycles. The van der Waals surface area contributed by atoms with Gasteiger partial charge in [0.1, 0.15) is 0 Å². The number of amidine groups is 1. The number of guanidine groups is 1. The van der Waals surface area contributed by atoms with Crippen LogP contribution in [0.1, 0.15) is 60.1 Å². The van der Waals surface area contributed by atoms with E-state index in [-0.39, 0.29) is 40.2 Å².